The molecule has 0 fully saturated rings. The Balaban J connectivity index is 2.97. The predicted octanol–water partition coefficient (Wildman–Crippen LogP) is 3.40. The molecule has 3 heteroatoms. The monoisotopic (exact) mass is 239 g/mol. The fraction of sp³-hybridized carbons (Fsp3) is 0.385. The van der Waals surface area contributed by atoms with E-state index in [-0.39, 0.29) is 17.8 Å². The minimum Gasteiger partial charge on any atom is -0.299 e. The normalized spacial score (nSPS) is 12.5. The van der Waals surface area contributed by atoms with E-state index in [1.54, 1.807) is 12.1 Å². The summed E-state index contributed by atoms with van der Waals surface area (Å²) >= 11 is 5.71. The van der Waals surface area contributed by atoms with Crippen LogP contribution < -0.4 is 5.32 Å². The molecular weight excluding hydrogens is 225 g/mol. The highest BCUT2D eigenvalue weighted by atomic mass is 35.5. The van der Waals surface area contributed by atoms with Gasteiger partial charge in [-0.2, -0.15) is 0 Å². The average molecular weight is 240 g/mol. The van der Waals surface area contributed by atoms with Crippen LogP contribution in [0.25, 0.3) is 0 Å². The molecule has 0 saturated heterocycles. The summed E-state index contributed by atoms with van der Waals surface area (Å²) < 4.78 is 13.7. The molecule has 0 aliphatic carbocycles. The number of terminal acetylenes is 1. The summed E-state index contributed by atoms with van der Waals surface area (Å²) in [5, 5.41) is 3.53. The van der Waals surface area contributed by atoms with Crippen LogP contribution in [0.5, 0.6) is 0 Å². The van der Waals surface area contributed by atoms with E-state index in [2.05, 4.69) is 11.2 Å². The molecule has 0 saturated carbocycles. The summed E-state index contributed by atoms with van der Waals surface area (Å²) in [6.07, 6.45) is 5.19. The van der Waals surface area contributed by atoms with Gasteiger partial charge in [-0.3, -0.25) is 5.32 Å². The molecule has 1 atom stereocenters. The first-order chi connectivity index (χ1) is 7.56. The van der Waals surface area contributed by atoms with Crippen molar-refractivity contribution >= 4 is 11.6 Å². The molecule has 0 aliphatic heterocycles. The number of rotatable bonds is 4. The molecule has 0 heterocycles. The molecule has 1 aromatic carbocycles. The second kappa shape index (κ2) is 5.89. The van der Waals surface area contributed by atoms with Gasteiger partial charge in [-0.05, 0) is 18.1 Å². The average Bonchev–Trinajstić information content (AvgIpc) is 2.20. The first-order valence-electron chi connectivity index (χ1n) is 5.18. The van der Waals surface area contributed by atoms with Crippen LogP contribution >= 0.6 is 11.6 Å². The smallest absolute Gasteiger partial charge is 0.129 e. The van der Waals surface area contributed by atoms with Crippen molar-refractivity contribution in [3.63, 3.8) is 0 Å². The fourth-order valence-corrected chi connectivity index (χ4v) is 1.79. The van der Waals surface area contributed by atoms with Gasteiger partial charge in [-0.25, -0.2) is 4.39 Å². The number of hydrogen-bond acceptors (Lipinski definition) is 1. The Hall–Kier alpha value is -1.04. The van der Waals surface area contributed by atoms with E-state index in [1.807, 2.05) is 13.8 Å². The van der Waals surface area contributed by atoms with Gasteiger partial charge in [0.2, 0.25) is 0 Å². The first kappa shape index (κ1) is 13.0. The lowest BCUT2D eigenvalue weighted by Crippen LogP contribution is -2.26. The molecule has 86 valence electrons. The first-order valence-corrected chi connectivity index (χ1v) is 5.56. The summed E-state index contributed by atoms with van der Waals surface area (Å²) in [4.78, 5) is 0. The highest BCUT2D eigenvalue weighted by Gasteiger charge is 2.18. The topological polar surface area (TPSA) is 12.0 Å². The quantitative estimate of drug-likeness (QED) is 0.795. The summed E-state index contributed by atoms with van der Waals surface area (Å²) in [6.45, 7) is 4.45. The summed E-state index contributed by atoms with van der Waals surface area (Å²) in [7, 11) is 0. The van der Waals surface area contributed by atoms with Gasteiger partial charge in [0.1, 0.15) is 5.82 Å². The van der Waals surface area contributed by atoms with E-state index in [0.29, 0.717) is 17.1 Å². The molecule has 1 nitrogen and oxygen atoms in total. The van der Waals surface area contributed by atoms with E-state index >= 15 is 0 Å². The van der Waals surface area contributed by atoms with Gasteiger partial charge in [0, 0.05) is 16.6 Å². The van der Waals surface area contributed by atoms with Gasteiger partial charge in [-0.1, -0.05) is 37.4 Å². The Morgan fingerprint density at radius 3 is 2.69 bits per heavy atom. The maximum atomic E-state index is 13.7. The second-order valence-corrected chi connectivity index (χ2v) is 4.41. The molecule has 1 N–H and O–H groups in total. The lowest BCUT2D eigenvalue weighted by Gasteiger charge is -2.22. The molecule has 0 spiro atoms. The van der Waals surface area contributed by atoms with E-state index in [4.69, 9.17) is 18.0 Å². The highest BCUT2D eigenvalue weighted by Crippen LogP contribution is 2.25. The van der Waals surface area contributed by atoms with Crippen LogP contribution in [0.1, 0.15) is 25.5 Å². The van der Waals surface area contributed by atoms with Crippen molar-refractivity contribution in [3.05, 3.63) is 34.6 Å². The van der Waals surface area contributed by atoms with Crippen LogP contribution in [0.3, 0.4) is 0 Å². The zero-order chi connectivity index (χ0) is 12.1. The Labute approximate surface area is 101 Å². The Bertz CT molecular complexity index is 395. The van der Waals surface area contributed by atoms with Crippen LogP contribution in [-0.2, 0) is 0 Å². The van der Waals surface area contributed by atoms with Gasteiger partial charge in [-0.15, -0.1) is 6.42 Å². The summed E-state index contributed by atoms with van der Waals surface area (Å²) in [5.74, 6) is 2.45. The maximum Gasteiger partial charge on any atom is 0.129 e. The SMILES string of the molecule is C#CCNC(c1ccc(Cl)cc1F)C(C)C. The highest BCUT2D eigenvalue weighted by molar-refractivity contribution is 6.30. The molecule has 0 radical (unpaired) electrons. The largest absolute Gasteiger partial charge is 0.299 e. The lowest BCUT2D eigenvalue weighted by atomic mass is 9.95. The molecule has 16 heavy (non-hydrogen) atoms. The Kier molecular flexibility index (Phi) is 4.79. The summed E-state index contributed by atoms with van der Waals surface area (Å²) in [6, 6.07) is 4.62. The van der Waals surface area contributed by atoms with E-state index < -0.39 is 0 Å². The molecule has 0 aliphatic rings. The predicted molar refractivity (Wildman–Crippen MR) is 65.8 cm³/mol. The van der Waals surface area contributed by atoms with E-state index in [0.717, 1.165) is 0 Å². The van der Waals surface area contributed by atoms with Crippen molar-refractivity contribution in [2.24, 2.45) is 5.92 Å². The number of benzene rings is 1. The molecule has 1 rings (SSSR count). The molecule has 0 amide bonds. The molecule has 1 unspecified atom stereocenters. The van der Waals surface area contributed by atoms with Gasteiger partial charge in [0.15, 0.2) is 0 Å². The standard InChI is InChI=1S/C13H15ClFN/c1-4-7-16-13(9(2)3)11-6-5-10(14)8-12(11)15/h1,5-6,8-9,13,16H,7H2,2-3H3. The molecule has 1 aromatic rings. The maximum absolute atomic E-state index is 13.7. The van der Waals surface area contributed by atoms with E-state index in [9.17, 15) is 4.39 Å². The third-order valence-corrected chi connectivity index (χ3v) is 2.62. The Morgan fingerprint density at radius 2 is 2.19 bits per heavy atom. The minimum atomic E-state index is -0.296. The molecule has 0 bridgehead atoms. The van der Waals surface area contributed by atoms with Crippen molar-refractivity contribution in [1.29, 1.82) is 0 Å². The minimum absolute atomic E-state index is 0.0895. The van der Waals surface area contributed by atoms with Crippen LogP contribution in [-0.4, -0.2) is 6.54 Å². The van der Waals surface area contributed by atoms with Crippen LogP contribution in [0, 0.1) is 24.1 Å². The van der Waals surface area contributed by atoms with Gasteiger partial charge < -0.3 is 0 Å². The fourth-order valence-electron chi connectivity index (χ4n) is 1.63. The van der Waals surface area contributed by atoms with Crippen LogP contribution in [0.2, 0.25) is 5.02 Å². The third kappa shape index (κ3) is 3.23. The van der Waals surface area contributed by atoms with E-state index in [1.165, 1.54) is 6.07 Å². The number of nitrogens with one attached hydrogen (secondary N) is 1. The van der Waals surface area contributed by atoms with Crippen molar-refractivity contribution in [1.82, 2.24) is 5.32 Å². The Morgan fingerprint density at radius 1 is 1.50 bits per heavy atom. The summed E-state index contributed by atoms with van der Waals surface area (Å²) in [5.41, 5.74) is 0.606. The lowest BCUT2D eigenvalue weighted by molar-refractivity contribution is 0.414. The van der Waals surface area contributed by atoms with Crippen molar-refractivity contribution in [3.8, 4) is 12.3 Å². The van der Waals surface area contributed by atoms with Gasteiger partial charge in [0.05, 0.1) is 6.54 Å². The van der Waals surface area contributed by atoms with Crippen LogP contribution in [0.15, 0.2) is 18.2 Å². The van der Waals surface area contributed by atoms with Gasteiger partial charge >= 0.3 is 0 Å². The van der Waals surface area contributed by atoms with Crippen molar-refractivity contribution < 1.29 is 4.39 Å². The molecule has 0 aromatic heterocycles. The second-order valence-electron chi connectivity index (χ2n) is 3.97. The van der Waals surface area contributed by atoms with Crippen molar-refractivity contribution in [2.45, 2.75) is 19.9 Å². The number of hydrogen-bond donors (Lipinski definition) is 1. The molecular formula is C13H15ClFN. The van der Waals surface area contributed by atoms with Crippen molar-refractivity contribution in [2.75, 3.05) is 6.54 Å². The van der Waals surface area contributed by atoms with Gasteiger partial charge in [0.25, 0.3) is 0 Å². The zero-order valence-electron chi connectivity index (χ0n) is 9.43. The third-order valence-electron chi connectivity index (χ3n) is 2.39. The zero-order valence-corrected chi connectivity index (χ0v) is 10.2. The number of halogens is 2. The van der Waals surface area contributed by atoms with Crippen LogP contribution in [0.4, 0.5) is 4.39 Å².